The minimum Gasteiger partial charge on any atom is -0.348 e. The average molecular weight is 364 g/mol. The first-order valence-corrected chi connectivity index (χ1v) is 9.22. The molecule has 2 aromatic carbocycles. The molecule has 0 saturated carbocycles. The Kier molecular flexibility index (Phi) is 5.59. The number of nitrogens with one attached hydrogen (secondary N) is 2. The van der Waals surface area contributed by atoms with Gasteiger partial charge in [-0.15, -0.1) is 0 Å². The lowest BCUT2D eigenvalue weighted by Gasteiger charge is -2.20. The molecule has 0 spiro atoms. The van der Waals surface area contributed by atoms with Gasteiger partial charge in [-0.2, -0.15) is 0 Å². The summed E-state index contributed by atoms with van der Waals surface area (Å²) < 4.78 is 40.5. The van der Waals surface area contributed by atoms with Gasteiger partial charge in [-0.25, -0.2) is 17.5 Å². The lowest BCUT2D eigenvalue weighted by molar-refractivity contribution is 0.0950. The molecule has 0 heterocycles. The molecule has 0 aliphatic heterocycles. The van der Waals surface area contributed by atoms with Crippen molar-refractivity contribution in [2.75, 3.05) is 0 Å². The van der Waals surface area contributed by atoms with Crippen molar-refractivity contribution in [3.05, 3.63) is 65.5 Å². The van der Waals surface area contributed by atoms with E-state index >= 15 is 0 Å². The van der Waals surface area contributed by atoms with E-state index in [9.17, 15) is 17.6 Å². The second-order valence-electron chi connectivity index (χ2n) is 6.65. The minimum absolute atomic E-state index is 0.0527. The van der Waals surface area contributed by atoms with Gasteiger partial charge < -0.3 is 5.32 Å². The van der Waals surface area contributed by atoms with Crippen LogP contribution in [-0.4, -0.2) is 19.9 Å². The van der Waals surface area contributed by atoms with Crippen molar-refractivity contribution in [3.8, 4) is 0 Å². The topological polar surface area (TPSA) is 75.3 Å². The summed E-state index contributed by atoms with van der Waals surface area (Å²) in [5, 5.41) is 2.61. The van der Waals surface area contributed by atoms with Gasteiger partial charge in [0.15, 0.2) is 0 Å². The van der Waals surface area contributed by atoms with Gasteiger partial charge in [-0.05, 0) is 51.1 Å². The quantitative estimate of drug-likeness (QED) is 0.857. The highest BCUT2D eigenvalue weighted by Gasteiger charge is 2.22. The Morgan fingerprint density at radius 3 is 2.20 bits per heavy atom. The zero-order valence-electron chi connectivity index (χ0n) is 14.3. The second-order valence-corrected chi connectivity index (χ2v) is 8.34. The van der Waals surface area contributed by atoms with E-state index in [0.29, 0.717) is 11.1 Å². The molecule has 2 N–H and O–H groups in total. The minimum atomic E-state index is -3.65. The van der Waals surface area contributed by atoms with Gasteiger partial charge in [0.1, 0.15) is 5.82 Å². The molecule has 0 aliphatic rings. The van der Waals surface area contributed by atoms with Gasteiger partial charge in [-0.1, -0.05) is 18.2 Å². The number of hydrogen-bond donors (Lipinski definition) is 2. The molecule has 25 heavy (non-hydrogen) atoms. The molecule has 134 valence electrons. The lowest BCUT2D eigenvalue weighted by Crippen LogP contribution is -2.40. The number of halogens is 1. The van der Waals surface area contributed by atoms with Crippen LogP contribution in [0, 0.1) is 5.82 Å². The van der Waals surface area contributed by atoms with E-state index < -0.39 is 27.3 Å². The van der Waals surface area contributed by atoms with E-state index in [-0.39, 0.29) is 11.4 Å². The van der Waals surface area contributed by atoms with Crippen LogP contribution in [0.1, 0.15) is 36.7 Å². The smallest absolute Gasteiger partial charge is 0.251 e. The zero-order valence-corrected chi connectivity index (χ0v) is 15.2. The third kappa shape index (κ3) is 5.37. The highest BCUT2D eigenvalue weighted by atomic mass is 32.2. The molecule has 0 aromatic heterocycles. The van der Waals surface area contributed by atoms with Crippen LogP contribution in [0.5, 0.6) is 0 Å². The maximum absolute atomic E-state index is 13.5. The Bertz CT molecular complexity index is 857. The predicted octanol–water partition coefficient (Wildman–Crippen LogP) is 2.83. The molecular formula is C18H21FN2O3S. The SMILES string of the molecule is CC(C)(C)NS(=O)(=O)c1ccc(C(=O)NCc2ccccc2F)cc1. The largest absolute Gasteiger partial charge is 0.348 e. The molecule has 0 atom stereocenters. The van der Waals surface area contributed by atoms with Crippen LogP contribution in [0.4, 0.5) is 4.39 Å². The van der Waals surface area contributed by atoms with Crippen molar-refractivity contribution in [2.24, 2.45) is 0 Å². The first-order chi connectivity index (χ1) is 11.6. The molecule has 0 saturated heterocycles. The van der Waals surface area contributed by atoms with E-state index in [4.69, 9.17) is 0 Å². The standard InChI is InChI=1S/C18H21FN2O3S/c1-18(2,3)21-25(23,24)15-10-8-13(9-11-15)17(22)20-12-14-6-4-5-7-16(14)19/h4-11,21H,12H2,1-3H3,(H,20,22). The number of amides is 1. The number of benzene rings is 2. The maximum Gasteiger partial charge on any atom is 0.251 e. The maximum atomic E-state index is 13.5. The molecule has 0 fully saturated rings. The summed E-state index contributed by atoms with van der Waals surface area (Å²) in [7, 11) is -3.65. The number of rotatable bonds is 5. The Morgan fingerprint density at radius 1 is 1.04 bits per heavy atom. The van der Waals surface area contributed by atoms with Crippen molar-refractivity contribution in [1.82, 2.24) is 10.0 Å². The molecule has 1 amide bonds. The van der Waals surface area contributed by atoms with Crippen molar-refractivity contribution in [1.29, 1.82) is 0 Å². The number of carbonyl (C=O) groups is 1. The molecule has 0 unspecified atom stereocenters. The van der Waals surface area contributed by atoms with Crippen LogP contribution in [-0.2, 0) is 16.6 Å². The third-order valence-electron chi connectivity index (χ3n) is 3.26. The molecular weight excluding hydrogens is 343 g/mol. The summed E-state index contributed by atoms with van der Waals surface area (Å²) in [5.41, 5.74) is 0.0738. The van der Waals surface area contributed by atoms with Crippen molar-refractivity contribution < 1.29 is 17.6 Å². The van der Waals surface area contributed by atoms with Crippen molar-refractivity contribution >= 4 is 15.9 Å². The summed E-state index contributed by atoms with van der Waals surface area (Å²) in [5.74, 6) is -0.798. The van der Waals surface area contributed by atoms with Gasteiger partial charge in [-0.3, -0.25) is 4.79 Å². The van der Waals surface area contributed by atoms with E-state index in [1.54, 1.807) is 39.0 Å². The fourth-order valence-electron chi connectivity index (χ4n) is 2.17. The third-order valence-corrected chi connectivity index (χ3v) is 5.04. The fraction of sp³-hybridized carbons (Fsp3) is 0.278. The molecule has 0 aliphatic carbocycles. The average Bonchev–Trinajstić information content (AvgIpc) is 2.52. The molecule has 0 radical (unpaired) electrons. The highest BCUT2D eigenvalue weighted by Crippen LogP contribution is 2.14. The van der Waals surface area contributed by atoms with Gasteiger partial charge >= 0.3 is 0 Å². The van der Waals surface area contributed by atoms with Gasteiger partial charge in [0, 0.05) is 23.2 Å². The van der Waals surface area contributed by atoms with Crippen LogP contribution in [0.2, 0.25) is 0 Å². The van der Waals surface area contributed by atoms with Crippen molar-refractivity contribution in [3.63, 3.8) is 0 Å². The Labute approximate surface area is 147 Å². The molecule has 7 heteroatoms. The molecule has 2 aromatic rings. The number of sulfonamides is 1. The van der Waals surface area contributed by atoms with Gasteiger partial charge in [0.2, 0.25) is 10.0 Å². The zero-order chi connectivity index (χ0) is 18.7. The first-order valence-electron chi connectivity index (χ1n) is 7.74. The van der Waals surface area contributed by atoms with E-state index in [1.807, 2.05) is 0 Å². The monoisotopic (exact) mass is 364 g/mol. The number of hydrogen-bond acceptors (Lipinski definition) is 3. The van der Waals surface area contributed by atoms with Gasteiger partial charge in [0.05, 0.1) is 4.90 Å². The van der Waals surface area contributed by atoms with E-state index in [2.05, 4.69) is 10.0 Å². The van der Waals surface area contributed by atoms with Crippen LogP contribution < -0.4 is 10.0 Å². The van der Waals surface area contributed by atoms with Crippen LogP contribution in [0.3, 0.4) is 0 Å². The van der Waals surface area contributed by atoms with E-state index in [1.165, 1.54) is 30.3 Å². The fourth-order valence-corrected chi connectivity index (χ4v) is 3.59. The van der Waals surface area contributed by atoms with Crippen LogP contribution in [0.25, 0.3) is 0 Å². The predicted molar refractivity (Wildman–Crippen MR) is 94.1 cm³/mol. The molecule has 5 nitrogen and oxygen atoms in total. The number of carbonyl (C=O) groups excluding carboxylic acids is 1. The lowest BCUT2D eigenvalue weighted by atomic mass is 10.1. The van der Waals surface area contributed by atoms with Crippen molar-refractivity contribution in [2.45, 2.75) is 37.8 Å². The summed E-state index contributed by atoms with van der Waals surface area (Å²) >= 11 is 0. The summed E-state index contributed by atoms with van der Waals surface area (Å²) in [4.78, 5) is 12.2. The summed E-state index contributed by atoms with van der Waals surface area (Å²) in [6, 6.07) is 11.8. The van der Waals surface area contributed by atoms with Gasteiger partial charge in [0.25, 0.3) is 5.91 Å². The Morgan fingerprint density at radius 2 is 1.64 bits per heavy atom. The summed E-state index contributed by atoms with van der Waals surface area (Å²) in [6.45, 7) is 5.29. The molecule has 0 bridgehead atoms. The highest BCUT2D eigenvalue weighted by molar-refractivity contribution is 7.89. The van der Waals surface area contributed by atoms with Crippen LogP contribution >= 0.6 is 0 Å². The normalized spacial score (nSPS) is 12.0. The first kappa shape index (κ1) is 19.1. The Balaban J connectivity index is 2.07. The Hall–Kier alpha value is -2.25. The van der Waals surface area contributed by atoms with Crippen LogP contribution in [0.15, 0.2) is 53.4 Å². The second kappa shape index (κ2) is 7.33. The summed E-state index contributed by atoms with van der Waals surface area (Å²) in [6.07, 6.45) is 0. The molecule has 2 rings (SSSR count). The van der Waals surface area contributed by atoms with E-state index in [0.717, 1.165) is 0 Å².